The quantitative estimate of drug-likeness (QED) is 0.0270. The first-order chi connectivity index (χ1) is 29.5. The number of unbranched alkanes of at least 4 members (excludes halogenated alkanes) is 30. The molecular formula is C54H82O4S2. The van der Waals surface area contributed by atoms with Crippen molar-refractivity contribution in [2.45, 2.75) is 229 Å². The summed E-state index contributed by atoms with van der Waals surface area (Å²) in [6.07, 6.45) is 43.2. The highest BCUT2D eigenvalue weighted by Gasteiger charge is 2.37. The number of thioether (sulfide) groups is 2. The monoisotopic (exact) mass is 859 g/mol. The molecule has 60 heavy (non-hydrogen) atoms. The summed E-state index contributed by atoms with van der Waals surface area (Å²) in [4.78, 5) is 30.2. The Morgan fingerprint density at radius 1 is 0.383 bits per heavy atom. The average molecular weight is 859 g/mol. The minimum absolute atomic E-state index is 0.0778. The van der Waals surface area contributed by atoms with Crippen LogP contribution in [0.25, 0.3) is 10.8 Å². The summed E-state index contributed by atoms with van der Waals surface area (Å²) in [7, 11) is 0. The number of phenolic OH excluding ortho intramolecular Hbond substituents is 2. The van der Waals surface area contributed by atoms with Gasteiger partial charge in [0.25, 0.3) is 0 Å². The molecule has 0 aliphatic heterocycles. The van der Waals surface area contributed by atoms with E-state index >= 15 is 0 Å². The highest BCUT2D eigenvalue weighted by molar-refractivity contribution is 8.02. The number of hydrogen-bond donors (Lipinski definition) is 2. The molecule has 6 heteroatoms. The number of carbonyl (C=O) groups excluding carboxylic acids is 2. The normalized spacial score (nSPS) is 12.4. The summed E-state index contributed by atoms with van der Waals surface area (Å²) >= 11 is 3.59. The van der Waals surface area contributed by atoms with Gasteiger partial charge in [0.2, 0.25) is 0 Å². The fourth-order valence-corrected chi connectivity index (χ4v) is 11.2. The molecule has 4 rings (SSSR count). The van der Waals surface area contributed by atoms with Crippen molar-refractivity contribution in [3.05, 3.63) is 58.7 Å². The number of fused-ring (bicyclic) bond motifs is 3. The van der Waals surface area contributed by atoms with Gasteiger partial charge in [-0.25, -0.2) is 0 Å². The van der Waals surface area contributed by atoms with Gasteiger partial charge in [-0.05, 0) is 36.5 Å². The lowest BCUT2D eigenvalue weighted by Gasteiger charge is -2.23. The van der Waals surface area contributed by atoms with Crippen molar-refractivity contribution in [3.63, 3.8) is 0 Å². The predicted octanol–water partition coefficient (Wildman–Crippen LogP) is 17.7. The Bertz CT molecular complexity index is 1560. The smallest absolute Gasteiger partial charge is 0.198 e. The van der Waals surface area contributed by atoms with Crippen molar-refractivity contribution in [3.8, 4) is 11.5 Å². The van der Waals surface area contributed by atoms with Gasteiger partial charge in [0.05, 0.1) is 11.1 Å². The lowest BCUT2D eigenvalue weighted by molar-refractivity contribution is 0.0974. The van der Waals surface area contributed by atoms with Gasteiger partial charge >= 0.3 is 0 Å². The maximum Gasteiger partial charge on any atom is 0.198 e. The zero-order valence-electron chi connectivity index (χ0n) is 38.0. The molecule has 4 nitrogen and oxygen atoms in total. The second-order valence-electron chi connectivity index (χ2n) is 17.8. The maximum absolute atomic E-state index is 14.1. The number of rotatable bonds is 36. The molecule has 0 saturated heterocycles. The van der Waals surface area contributed by atoms with Crippen LogP contribution in [0.5, 0.6) is 11.5 Å². The zero-order chi connectivity index (χ0) is 42.6. The third kappa shape index (κ3) is 17.0. The Balaban J connectivity index is 1.21. The van der Waals surface area contributed by atoms with Crippen LogP contribution in [-0.4, -0.2) is 33.3 Å². The number of hydrogen-bond acceptors (Lipinski definition) is 6. The lowest BCUT2D eigenvalue weighted by atomic mass is 9.81. The largest absolute Gasteiger partial charge is 0.506 e. The van der Waals surface area contributed by atoms with Crippen molar-refractivity contribution in [1.29, 1.82) is 0 Å². The molecule has 0 radical (unpaired) electrons. The van der Waals surface area contributed by atoms with Crippen LogP contribution in [0.4, 0.5) is 0 Å². The third-order valence-corrected chi connectivity index (χ3v) is 15.1. The zero-order valence-corrected chi connectivity index (χ0v) is 39.7. The minimum Gasteiger partial charge on any atom is -0.506 e. The van der Waals surface area contributed by atoms with Crippen molar-refractivity contribution in [2.75, 3.05) is 11.5 Å². The summed E-state index contributed by atoms with van der Waals surface area (Å²) in [5.74, 6) is 0.699. The second-order valence-corrected chi connectivity index (χ2v) is 20.1. The minimum atomic E-state index is -0.392. The fourth-order valence-electron chi connectivity index (χ4n) is 8.94. The van der Waals surface area contributed by atoms with Crippen molar-refractivity contribution >= 4 is 45.9 Å². The molecule has 0 amide bonds. The van der Waals surface area contributed by atoms with Crippen LogP contribution < -0.4 is 0 Å². The van der Waals surface area contributed by atoms with Gasteiger partial charge in [0.1, 0.15) is 11.5 Å². The van der Waals surface area contributed by atoms with Crippen LogP contribution >= 0.6 is 23.5 Å². The molecule has 0 unspecified atom stereocenters. The van der Waals surface area contributed by atoms with E-state index in [0.29, 0.717) is 21.9 Å². The summed E-state index contributed by atoms with van der Waals surface area (Å²) < 4.78 is 0. The van der Waals surface area contributed by atoms with Crippen LogP contribution in [0, 0.1) is 0 Å². The Labute approximate surface area is 374 Å². The number of aromatic hydroxyl groups is 2. The molecule has 3 aromatic rings. The van der Waals surface area contributed by atoms with Crippen LogP contribution in [0.2, 0.25) is 0 Å². The first-order valence-electron chi connectivity index (χ1n) is 25.0. The van der Waals surface area contributed by atoms with E-state index in [1.54, 1.807) is 47.8 Å². The van der Waals surface area contributed by atoms with E-state index < -0.39 is 11.6 Å². The highest BCUT2D eigenvalue weighted by Crippen LogP contribution is 2.46. The summed E-state index contributed by atoms with van der Waals surface area (Å²) in [6.45, 7) is 4.57. The highest BCUT2D eigenvalue weighted by atomic mass is 32.2. The predicted molar refractivity (Wildman–Crippen MR) is 261 cm³/mol. The molecule has 1 aliphatic carbocycles. The SMILES string of the molecule is CCCCCCCCCCCCCCCCCCSc1cc2c(cc1SCCCCCCCCCCCCCCCCCC)C(=O)c1c(c(O)c3ccccc3c1O)C2=O. The Kier molecular flexibility index (Phi) is 25.6. The fraction of sp³-hybridized carbons (Fsp3) is 0.667. The molecule has 334 valence electrons. The van der Waals surface area contributed by atoms with Gasteiger partial charge in [-0.2, -0.15) is 0 Å². The molecule has 2 N–H and O–H groups in total. The van der Waals surface area contributed by atoms with Gasteiger partial charge < -0.3 is 10.2 Å². The molecule has 0 spiro atoms. The van der Waals surface area contributed by atoms with Crippen molar-refractivity contribution < 1.29 is 19.8 Å². The van der Waals surface area contributed by atoms with E-state index in [1.807, 2.05) is 12.1 Å². The van der Waals surface area contributed by atoms with E-state index in [4.69, 9.17) is 0 Å². The Morgan fingerprint density at radius 2 is 0.633 bits per heavy atom. The van der Waals surface area contributed by atoms with E-state index in [2.05, 4.69) is 13.8 Å². The number of ketones is 2. The van der Waals surface area contributed by atoms with Gasteiger partial charge in [-0.3, -0.25) is 9.59 Å². The molecule has 3 aromatic carbocycles. The summed E-state index contributed by atoms with van der Waals surface area (Å²) in [5.41, 5.74) is 0.509. The summed E-state index contributed by atoms with van der Waals surface area (Å²) in [5, 5.41) is 23.2. The molecule has 0 atom stereocenters. The maximum atomic E-state index is 14.1. The molecular weight excluding hydrogens is 777 g/mol. The lowest BCUT2D eigenvalue weighted by Crippen LogP contribution is -2.22. The molecule has 0 aromatic heterocycles. The van der Waals surface area contributed by atoms with Crippen LogP contribution in [0.15, 0.2) is 46.2 Å². The molecule has 0 fully saturated rings. The van der Waals surface area contributed by atoms with Gasteiger partial charge in [0, 0.05) is 31.7 Å². The summed E-state index contributed by atoms with van der Waals surface area (Å²) in [6, 6.07) is 10.7. The Morgan fingerprint density at radius 3 is 0.900 bits per heavy atom. The van der Waals surface area contributed by atoms with Crippen molar-refractivity contribution in [1.82, 2.24) is 0 Å². The van der Waals surface area contributed by atoms with Crippen LogP contribution in [0.1, 0.15) is 251 Å². The Hall–Kier alpha value is -2.44. The first kappa shape index (κ1) is 50.2. The third-order valence-electron chi connectivity index (χ3n) is 12.7. The molecule has 0 saturated carbocycles. The van der Waals surface area contributed by atoms with Gasteiger partial charge in [0.15, 0.2) is 11.6 Å². The van der Waals surface area contributed by atoms with Crippen LogP contribution in [-0.2, 0) is 0 Å². The van der Waals surface area contributed by atoms with Gasteiger partial charge in [-0.1, -0.05) is 231 Å². The second kappa shape index (κ2) is 30.6. The standard InChI is InChI=1S/C54H82O4S2/c1-3-5-7-9-11-13-15-17-19-21-23-25-27-29-31-35-39-59-47-41-45-46(54(58)50-49(53(45)57)51(55)43-37-33-34-38-44(43)52(50)56)42-48(47)60-40-36-32-30-28-26-24-22-20-18-16-14-12-10-8-6-4-2/h33-34,37-38,41-42,55-56H,3-32,35-36,39-40H2,1-2H3. The van der Waals surface area contributed by atoms with E-state index in [-0.39, 0.29) is 22.6 Å². The molecule has 0 heterocycles. The number of carbonyl (C=O) groups is 2. The number of benzene rings is 3. The van der Waals surface area contributed by atoms with Crippen molar-refractivity contribution in [2.24, 2.45) is 0 Å². The molecule has 0 bridgehead atoms. The topological polar surface area (TPSA) is 74.6 Å². The average Bonchev–Trinajstić information content (AvgIpc) is 3.26. The van der Waals surface area contributed by atoms with E-state index in [1.165, 1.54) is 193 Å². The van der Waals surface area contributed by atoms with E-state index in [0.717, 1.165) is 34.1 Å². The molecule has 1 aliphatic rings. The number of phenols is 2. The first-order valence-corrected chi connectivity index (χ1v) is 27.0. The van der Waals surface area contributed by atoms with Gasteiger partial charge in [-0.15, -0.1) is 23.5 Å². The van der Waals surface area contributed by atoms with E-state index in [9.17, 15) is 19.8 Å². The van der Waals surface area contributed by atoms with Crippen LogP contribution in [0.3, 0.4) is 0 Å².